The number of aliphatic hydroxyl groups is 2. The number of hydrogen-bond donors (Lipinski definition) is 2. The first-order chi connectivity index (χ1) is 12.4. The van der Waals surface area contributed by atoms with E-state index in [1.165, 1.54) is 25.7 Å². The summed E-state index contributed by atoms with van der Waals surface area (Å²) in [5.74, 6) is 4.82. The van der Waals surface area contributed by atoms with E-state index in [4.69, 9.17) is 6.42 Å². The summed E-state index contributed by atoms with van der Waals surface area (Å²) in [7, 11) is 0. The van der Waals surface area contributed by atoms with Gasteiger partial charge in [-0.15, -0.1) is 12.3 Å². The topological polar surface area (TPSA) is 40.5 Å². The van der Waals surface area contributed by atoms with Crippen molar-refractivity contribution in [3.8, 4) is 12.3 Å². The third-order valence-corrected chi connectivity index (χ3v) is 7.43. The molecule has 0 saturated heterocycles. The zero-order valence-corrected chi connectivity index (χ0v) is 16.4. The fourth-order valence-electron chi connectivity index (χ4n) is 6.01. The Hall–Kier alpha value is -1.30. The van der Waals surface area contributed by atoms with E-state index in [1.54, 1.807) is 5.57 Å². The number of terminal acetylenes is 1. The first kappa shape index (κ1) is 19.5. The predicted octanol–water partition coefficient (Wildman–Crippen LogP) is 4.79. The summed E-state index contributed by atoms with van der Waals surface area (Å²) in [4.78, 5) is 0. The second-order valence-corrected chi connectivity index (χ2v) is 9.05. The van der Waals surface area contributed by atoms with Crippen molar-refractivity contribution < 1.29 is 10.2 Å². The van der Waals surface area contributed by atoms with Crippen molar-refractivity contribution in [2.75, 3.05) is 0 Å². The average Bonchev–Trinajstić information content (AvgIpc) is 2.94. The lowest BCUT2D eigenvalue weighted by Crippen LogP contribution is -2.35. The fourth-order valence-corrected chi connectivity index (χ4v) is 6.01. The van der Waals surface area contributed by atoms with Gasteiger partial charge in [-0.05, 0) is 72.8 Å². The van der Waals surface area contributed by atoms with Crippen molar-refractivity contribution in [3.05, 3.63) is 35.5 Å². The molecule has 0 aromatic carbocycles. The lowest BCUT2D eigenvalue weighted by molar-refractivity contribution is 0.0862. The number of rotatable bonds is 3. The SMILES string of the molecule is C#CC[C@@H](C)[C@H]1CC[C@H]2/C(=C/C=C3/C[C@@H](O)C[C@H](O)C3=C)CCC[C@]12C. The van der Waals surface area contributed by atoms with Crippen molar-refractivity contribution in [2.24, 2.45) is 23.2 Å². The molecule has 0 radical (unpaired) electrons. The molecule has 0 aromatic rings. The largest absolute Gasteiger partial charge is 0.393 e. The second-order valence-electron chi connectivity index (χ2n) is 9.05. The molecule has 0 spiro atoms. The molecule has 0 bridgehead atoms. The summed E-state index contributed by atoms with van der Waals surface area (Å²) in [6.45, 7) is 8.84. The van der Waals surface area contributed by atoms with Gasteiger partial charge in [0.2, 0.25) is 0 Å². The van der Waals surface area contributed by atoms with Crippen LogP contribution in [-0.2, 0) is 0 Å². The van der Waals surface area contributed by atoms with Gasteiger partial charge in [-0.25, -0.2) is 0 Å². The maximum atomic E-state index is 10.1. The first-order valence-corrected chi connectivity index (χ1v) is 10.2. The van der Waals surface area contributed by atoms with Crippen LogP contribution in [0.4, 0.5) is 0 Å². The highest BCUT2D eigenvalue weighted by Crippen LogP contribution is 2.59. The van der Waals surface area contributed by atoms with E-state index in [0.29, 0.717) is 36.0 Å². The number of hydrogen-bond acceptors (Lipinski definition) is 2. The standard InChI is InChI=1S/C24H34O2/c1-5-7-16(2)21-11-12-22-18(8-6-13-24(21,22)4)9-10-19-14-20(25)15-23(26)17(19)3/h1,9-10,16,20-23,25-26H,3,6-8,11-15H2,2,4H3/b18-9+,19-10-/t16-,20-,21-,22+,23+,24-/m1/s1. The molecular formula is C24H34O2. The van der Waals surface area contributed by atoms with Gasteiger partial charge < -0.3 is 10.2 Å². The van der Waals surface area contributed by atoms with E-state index in [-0.39, 0.29) is 0 Å². The molecule has 3 fully saturated rings. The third kappa shape index (κ3) is 3.57. The smallest absolute Gasteiger partial charge is 0.0811 e. The van der Waals surface area contributed by atoms with E-state index in [9.17, 15) is 10.2 Å². The minimum absolute atomic E-state index is 0.363. The molecule has 2 N–H and O–H groups in total. The molecule has 6 atom stereocenters. The summed E-state index contributed by atoms with van der Waals surface area (Å²) < 4.78 is 0. The Kier molecular flexibility index (Phi) is 5.80. The van der Waals surface area contributed by atoms with Crippen LogP contribution in [0.1, 0.15) is 65.2 Å². The Balaban J connectivity index is 1.81. The number of fused-ring (bicyclic) bond motifs is 1. The van der Waals surface area contributed by atoms with Crippen LogP contribution in [0.25, 0.3) is 0 Å². The highest BCUT2D eigenvalue weighted by atomic mass is 16.3. The van der Waals surface area contributed by atoms with Gasteiger partial charge in [0.05, 0.1) is 12.2 Å². The molecule has 3 aliphatic carbocycles. The van der Waals surface area contributed by atoms with Gasteiger partial charge in [-0.3, -0.25) is 0 Å². The molecule has 26 heavy (non-hydrogen) atoms. The van der Waals surface area contributed by atoms with Crippen molar-refractivity contribution in [3.63, 3.8) is 0 Å². The number of aliphatic hydroxyl groups excluding tert-OH is 2. The lowest BCUT2D eigenvalue weighted by atomic mass is 9.61. The van der Waals surface area contributed by atoms with E-state index in [2.05, 4.69) is 38.5 Å². The maximum Gasteiger partial charge on any atom is 0.0811 e. The monoisotopic (exact) mass is 354 g/mol. The molecule has 0 aromatic heterocycles. The van der Waals surface area contributed by atoms with Crippen molar-refractivity contribution in [1.29, 1.82) is 0 Å². The molecule has 0 heterocycles. The molecule has 3 aliphatic rings. The molecule has 2 heteroatoms. The van der Waals surface area contributed by atoms with Gasteiger partial charge in [-0.1, -0.05) is 38.2 Å². The highest BCUT2D eigenvalue weighted by molar-refractivity contribution is 5.38. The molecule has 3 saturated carbocycles. The predicted molar refractivity (Wildman–Crippen MR) is 107 cm³/mol. The van der Waals surface area contributed by atoms with E-state index in [0.717, 1.165) is 24.0 Å². The zero-order chi connectivity index (χ0) is 18.9. The molecular weight excluding hydrogens is 320 g/mol. The van der Waals surface area contributed by atoms with Gasteiger partial charge in [0, 0.05) is 12.8 Å². The molecule has 2 nitrogen and oxygen atoms in total. The van der Waals surface area contributed by atoms with Crippen molar-refractivity contribution in [2.45, 2.75) is 77.4 Å². The van der Waals surface area contributed by atoms with Gasteiger partial charge in [0.1, 0.15) is 0 Å². The third-order valence-electron chi connectivity index (χ3n) is 7.43. The van der Waals surface area contributed by atoms with Crippen LogP contribution in [0, 0.1) is 35.5 Å². The van der Waals surface area contributed by atoms with Crippen LogP contribution in [0.3, 0.4) is 0 Å². The first-order valence-electron chi connectivity index (χ1n) is 10.2. The van der Waals surface area contributed by atoms with Crippen molar-refractivity contribution in [1.82, 2.24) is 0 Å². The summed E-state index contributed by atoms with van der Waals surface area (Å²) in [6.07, 6.45) is 17.0. The quantitative estimate of drug-likeness (QED) is 0.716. The minimum atomic E-state index is -0.611. The fraction of sp³-hybridized carbons (Fsp3) is 0.667. The Morgan fingerprint density at radius 2 is 2.12 bits per heavy atom. The van der Waals surface area contributed by atoms with E-state index in [1.807, 2.05) is 0 Å². The zero-order valence-electron chi connectivity index (χ0n) is 16.4. The summed E-state index contributed by atoms with van der Waals surface area (Å²) in [5.41, 5.74) is 3.69. The van der Waals surface area contributed by atoms with Gasteiger partial charge in [0.25, 0.3) is 0 Å². The summed E-state index contributed by atoms with van der Waals surface area (Å²) >= 11 is 0. The maximum absolute atomic E-state index is 10.1. The van der Waals surface area contributed by atoms with Gasteiger partial charge >= 0.3 is 0 Å². The Morgan fingerprint density at radius 1 is 1.35 bits per heavy atom. The molecule has 0 unspecified atom stereocenters. The molecule has 3 rings (SSSR count). The molecule has 0 aliphatic heterocycles. The van der Waals surface area contributed by atoms with Crippen LogP contribution in [-0.4, -0.2) is 22.4 Å². The highest BCUT2D eigenvalue weighted by Gasteiger charge is 2.50. The average molecular weight is 355 g/mol. The van der Waals surface area contributed by atoms with E-state index < -0.39 is 12.2 Å². The van der Waals surface area contributed by atoms with Gasteiger partial charge in [0.15, 0.2) is 0 Å². The number of allylic oxidation sites excluding steroid dienone is 3. The Morgan fingerprint density at radius 3 is 2.85 bits per heavy atom. The molecule has 142 valence electrons. The Labute approximate surface area is 159 Å². The van der Waals surface area contributed by atoms with Crippen LogP contribution in [0.2, 0.25) is 0 Å². The minimum Gasteiger partial charge on any atom is -0.393 e. The van der Waals surface area contributed by atoms with Crippen LogP contribution < -0.4 is 0 Å². The van der Waals surface area contributed by atoms with Crippen LogP contribution >= 0.6 is 0 Å². The van der Waals surface area contributed by atoms with Gasteiger partial charge in [-0.2, -0.15) is 0 Å². The van der Waals surface area contributed by atoms with Crippen LogP contribution in [0.5, 0.6) is 0 Å². The summed E-state index contributed by atoms with van der Waals surface area (Å²) in [5, 5.41) is 20.0. The van der Waals surface area contributed by atoms with Crippen LogP contribution in [0.15, 0.2) is 35.5 Å². The normalized spacial score (nSPS) is 41.9. The second kappa shape index (κ2) is 7.75. The summed E-state index contributed by atoms with van der Waals surface area (Å²) in [6, 6.07) is 0. The Bertz CT molecular complexity index is 650. The lowest BCUT2D eigenvalue weighted by Gasteiger charge is -2.44. The van der Waals surface area contributed by atoms with Crippen molar-refractivity contribution >= 4 is 0 Å². The molecule has 0 amide bonds. The van der Waals surface area contributed by atoms with E-state index >= 15 is 0 Å².